The molecule has 0 heterocycles. The van der Waals surface area contributed by atoms with Crippen LogP contribution in [0, 0.1) is 18.3 Å². The maximum absolute atomic E-state index is 2.44. The molecule has 0 aromatic rings. The summed E-state index contributed by atoms with van der Waals surface area (Å²) in [5.41, 5.74) is 0. The fraction of sp³-hybridized carbons (Fsp3) is 0.857. The smallest absolute Gasteiger partial charge is 0.323 e. The van der Waals surface area contributed by atoms with Crippen LogP contribution in [-0.4, -0.2) is 0 Å². The molecule has 1 aliphatic carbocycles. The van der Waals surface area contributed by atoms with Gasteiger partial charge in [-0.1, -0.05) is 26.7 Å². The maximum Gasteiger partial charge on any atom is 1.00 e. The molecular weight excluding hydrogens is 91.0 g/mol. The molecule has 0 N–H and O–H groups in total. The largest absolute Gasteiger partial charge is 1.00 e. The minimum Gasteiger partial charge on any atom is -0.323 e. The molecule has 1 heteroatoms. The van der Waals surface area contributed by atoms with Gasteiger partial charge in [-0.3, -0.25) is 0 Å². The molecule has 0 nitrogen and oxygen atoms in total. The fourth-order valence-corrected chi connectivity index (χ4v) is 1.28. The molecule has 0 radical (unpaired) electrons. The van der Waals surface area contributed by atoms with Crippen LogP contribution in [0.1, 0.15) is 26.7 Å². The van der Waals surface area contributed by atoms with Gasteiger partial charge in [0.05, 0.1) is 0 Å². The molecule has 1 aliphatic rings. The Balaban J connectivity index is 0.000000490. The zero-order chi connectivity index (χ0) is 5.28. The van der Waals surface area contributed by atoms with Crippen molar-refractivity contribution in [3.63, 3.8) is 0 Å². The van der Waals surface area contributed by atoms with E-state index in [1.807, 2.05) is 0 Å². The van der Waals surface area contributed by atoms with Crippen molar-refractivity contribution in [2.75, 3.05) is 0 Å². The van der Waals surface area contributed by atoms with Gasteiger partial charge in [-0.15, -0.1) is 0 Å². The van der Waals surface area contributed by atoms with Crippen molar-refractivity contribution >= 4 is 0 Å². The van der Waals surface area contributed by atoms with Gasteiger partial charge in [0.15, 0.2) is 0 Å². The Bertz CT molecular complexity index is 53.4. The van der Waals surface area contributed by atoms with Crippen molar-refractivity contribution in [2.45, 2.75) is 26.7 Å². The summed E-state index contributed by atoms with van der Waals surface area (Å²) in [6, 6.07) is 0. The van der Waals surface area contributed by atoms with Crippen LogP contribution in [0.15, 0.2) is 0 Å². The molecule has 1 saturated carbocycles. The Kier molecular flexibility index (Phi) is 3.86. The minimum absolute atomic E-state index is 0. The van der Waals surface area contributed by atoms with Crippen LogP contribution in [0.2, 0.25) is 0 Å². The van der Waals surface area contributed by atoms with Gasteiger partial charge in [0.2, 0.25) is 0 Å². The summed E-state index contributed by atoms with van der Waals surface area (Å²) in [4.78, 5) is 0. The van der Waals surface area contributed by atoms with Gasteiger partial charge in [-0.2, -0.15) is 11.8 Å². The summed E-state index contributed by atoms with van der Waals surface area (Å²) in [5, 5.41) is 0. The van der Waals surface area contributed by atoms with E-state index in [0.717, 1.165) is 11.8 Å². The van der Waals surface area contributed by atoms with E-state index < -0.39 is 0 Å². The summed E-state index contributed by atoms with van der Waals surface area (Å²) >= 11 is 0. The minimum atomic E-state index is 0. The molecule has 42 valence electrons. The van der Waals surface area contributed by atoms with E-state index >= 15 is 0 Å². The molecule has 0 bridgehead atoms. The van der Waals surface area contributed by atoms with E-state index in [-0.39, 0.29) is 18.9 Å². The van der Waals surface area contributed by atoms with Crippen molar-refractivity contribution in [1.29, 1.82) is 0 Å². The molecule has 8 heavy (non-hydrogen) atoms. The average molecular weight is 104 g/mol. The van der Waals surface area contributed by atoms with Crippen LogP contribution in [0.5, 0.6) is 0 Å². The van der Waals surface area contributed by atoms with Crippen LogP contribution in [0.3, 0.4) is 0 Å². The second-order valence-corrected chi connectivity index (χ2v) is 2.72. The number of hydrogen-bond donors (Lipinski definition) is 0. The van der Waals surface area contributed by atoms with E-state index in [1.54, 1.807) is 0 Å². The second-order valence-electron chi connectivity index (χ2n) is 2.72. The van der Waals surface area contributed by atoms with Crippen LogP contribution in [-0.2, 0) is 0 Å². The van der Waals surface area contributed by atoms with E-state index in [0.29, 0.717) is 0 Å². The second kappa shape index (κ2) is 3.59. The molecule has 2 atom stereocenters. The van der Waals surface area contributed by atoms with Crippen molar-refractivity contribution < 1.29 is 18.9 Å². The Morgan fingerprint density at radius 1 is 1.12 bits per heavy atom. The predicted octanol–water partition coefficient (Wildman–Crippen LogP) is -0.739. The number of hydrogen-bond acceptors (Lipinski definition) is 0. The third-order valence-electron chi connectivity index (χ3n) is 1.73. The topological polar surface area (TPSA) is 0 Å². The van der Waals surface area contributed by atoms with Gasteiger partial charge in [0, 0.05) is 0 Å². The molecule has 0 spiro atoms. The molecule has 0 saturated heterocycles. The van der Waals surface area contributed by atoms with Crippen molar-refractivity contribution in [2.24, 2.45) is 11.8 Å². The molecular formula is C7H13Li. The molecule has 0 aromatic heterocycles. The van der Waals surface area contributed by atoms with E-state index in [1.165, 1.54) is 12.8 Å². The van der Waals surface area contributed by atoms with Crippen LogP contribution >= 0.6 is 0 Å². The summed E-state index contributed by atoms with van der Waals surface area (Å²) in [7, 11) is 0. The van der Waals surface area contributed by atoms with E-state index in [4.69, 9.17) is 0 Å². The zero-order valence-corrected chi connectivity index (χ0v) is 6.15. The van der Waals surface area contributed by atoms with Crippen molar-refractivity contribution in [3.05, 3.63) is 6.42 Å². The first-order valence-corrected chi connectivity index (χ1v) is 3.14. The molecule has 0 aliphatic heterocycles. The molecule has 1 rings (SSSR count). The van der Waals surface area contributed by atoms with Crippen LogP contribution < -0.4 is 18.9 Å². The third kappa shape index (κ3) is 2.24. The standard InChI is InChI=1S/C7H13.Li/c1-6-3-4-7(2)5-6;/h5-7H,3-4H2,1-2H3;/q-1;+1. The first-order valence-electron chi connectivity index (χ1n) is 3.14. The maximum atomic E-state index is 2.44. The SMILES string of the molecule is CC1[CH-]C(C)CC1.[Li+]. The Labute approximate surface area is 64.2 Å². The number of rotatable bonds is 0. The Morgan fingerprint density at radius 2 is 1.50 bits per heavy atom. The third-order valence-corrected chi connectivity index (χ3v) is 1.73. The quantitative estimate of drug-likeness (QED) is 0.280. The van der Waals surface area contributed by atoms with Crippen LogP contribution in [0.4, 0.5) is 0 Å². The van der Waals surface area contributed by atoms with Gasteiger partial charge in [-0.05, 0) is 0 Å². The van der Waals surface area contributed by atoms with E-state index in [9.17, 15) is 0 Å². The van der Waals surface area contributed by atoms with Crippen LogP contribution in [0.25, 0.3) is 0 Å². The van der Waals surface area contributed by atoms with Crippen molar-refractivity contribution in [3.8, 4) is 0 Å². The zero-order valence-electron chi connectivity index (χ0n) is 6.15. The first-order chi connectivity index (χ1) is 3.29. The van der Waals surface area contributed by atoms with Gasteiger partial charge >= 0.3 is 18.9 Å². The van der Waals surface area contributed by atoms with Gasteiger partial charge < -0.3 is 6.42 Å². The predicted molar refractivity (Wildman–Crippen MR) is 31.9 cm³/mol. The summed E-state index contributed by atoms with van der Waals surface area (Å²) in [6.07, 6.45) is 5.28. The van der Waals surface area contributed by atoms with Gasteiger partial charge in [0.1, 0.15) is 0 Å². The molecule has 1 fully saturated rings. The Hall–Kier alpha value is 0.597. The summed E-state index contributed by atoms with van der Waals surface area (Å²) in [6.45, 7) is 4.59. The summed E-state index contributed by atoms with van der Waals surface area (Å²) < 4.78 is 0. The molecule has 0 aromatic carbocycles. The molecule has 2 unspecified atom stereocenters. The summed E-state index contributed by atoms with van der Waals surface area (Å²) in [5.74, 6) is 1.80. The Morgan fingerprint density at radius 3 is 1.62 bits per heavy atom. The monoisotopic (exact) mass is 104 g/mol. The normalized spacial score (nSPS) is 36.8. The van der Waals surface area contributed by atoms with Gasteiger partial charge in [-0.25, -0.2) is 0 Å². The first kappa shape index (κ1) is 8.60. The van der Waals surface area contributed by atoms with E-state index in [2.05, 4.69) is 20.3 Å². The van der Waals surface area contributed by atoms with Gasteiger partial charge in [0.25, 0.3) is 0 Å². The molecule has 0 amide bonds. The average Bonchev–Trinajstić information content (AvgIpc) is 1.87. The van der Waals surface area contributed by atoms with Crippen molar-refractivity contribution in [1.82, 2.24) is 0 Å². The fourth-order valence-electron chi connectivity index (χ4n) is 1.28.